The second-order valence-electron chi connectivity index (χ2n) is 6.11. The second kappa shape index (κ2) is 5.91. The summed E-state index contributed by atoms with van der Waals surface area (Å²) in [6.07, 6.45) is 3.27. The van der Waals surface area contributed by atoms with Crippen LogP contribution in [0, 0.1) is 5.92 Å². The molecule has 2 aromatic rings. The minimum Gasteiger partial charge on any atom is -0.343 e. The fourth-order valence-corrected chi connectivity index (χ4v) is 2.78. The zero-order valence-electron chi connectivity index (χ0n) is 13.0. The predicted octanol–water partition coefficient (Wildman–Crippen LogP) is 2.11. The van der Waals surface area contributed by atoms with Crippen LogP contribution in [0.15, 0.2) is 29.1 Å². The van der Waals surface area contributed by atoms with Gasteiger partial charge in [0.25, 0.3) is 5.56 Å². The number of fused-ring (bicyclic) bond motifs is 1. The lowest BCUT2D eigenvalue weighted by Crippen LogP contribution is -2.36. The number of carbonyl (C=O) groups excluding carboxylic acids is 1. The van der Waals surface area contributed by atoms with Crippen molar-refractivity contribution in [2.24, 2.45) is 5.92 Å². The van der Waals surface area contributed by atoms with Crippen LogP contribution in [-0.4, -0.2) is 33.9 Å². The van der Waals surface area contributed by atoms with Gasteiger partial charge in [-0.3, -0.25) is 9.59 Å². The number of nitrogens with one attached hydrogen (secondary N) is 1. The molecule has 1 aliphatic rings. The number of hydrogen-bond acceptors (Lipinski definition) is 3. The quantitative estimate of drug-likeness (QED) is 0.919. The van der Waals surface area contributed by atoms with Gasteiger partial charge >= 0.3 is 0 Å². The Hall–Kier alpha value is -2.17. The fraction of sp³-hybridized carbons (Fsp3) is 0.471. The summed E-state index contributed by atoms with van der Waals surface area (Å²) < 4.78 is 0. The Balaban J connectivity index is 1.68. The number of amides is 1. The van der Waals surface area contributed by atoms with Gasteiger partial charge in [-0.1, -0.05) is 12.1 Å². The van der Waals surface area contributed by atoms with Crippen molar-refractivity contribution >= 4 is 16.8 Å². The van der Waals surface area contributed by atoms with Gasteiger partial charge in [0.15, 0.2) is 0 Å². The number of carbonyl (C=O) groups is 1. The molecule has 1 amide bonds. The third-order valence-corrected chi connectivity index (χ3v) is 4.55. The molecule has 0 aliphatic heterocycles. The first-order valence-electron chi connectivity index (χ1n) is 7.80. The first-order chi connectivity index (χ1) is 10.6. The average molecular weight is 299 g/mol. The van der Waals surface area contributed by atoms with Crippen molar-refractivity contribution in [3.63, 3.8) is 0 Å². The van der Waals surface area contributed by atoms with Crippen molar-refractivity contribution < 1.29 is 4.79 Å². The number of hydrogen-bond donors (Lipinski definition) is 1. The fourth-order valence-electron chi connectivity index (χ4n) is 2.78. The van der Waals surface area contributed by atoms with Crippen molar-refractivity contribution in [1.29, 1.82) is 0 Å². The molecular weight excluding hydrogens is 278 g/mol. The van der Waals surface area contributed by atoms with Crippen LogP contribution < -0.4 is 5.56 Å². The second-order valence-corrected chi connectivity index (χ2v) is 6.11. The van der Waals surface area contributed by atoms with Gasteiger partial charge in [-0.2, -0.15) is 0 Å². The van der Waals surface area contributed by atoms with Gasteiger partial charge in [0.1, 0.15) is 5.82 Å². The number of nitrogens with zero attached hydrogens (tertiary/aromatic N) is 2. The zero-order chi connectivity index (χ0) is 15.7. The van der Waals surface area contributed by atoms with Gasteiger partial charge in [0.2, 0.25) is 5.91 Å². The normalized spacial score (nSPS) is 15.7. The van der Waals surface area contributed by atoms with E-state index >= 15 is 0 Å². The van der Waals surface area contributed by atoms with E-state index in [0.29, 0.717) is 41.5 Å². The largest absolute Gasteiger partial charge is 0.343 e. The summed E-state index contributed by atoms with van der Waals surface area (Å²) in [6.45, 7) is 2.10. The number of benzene rings is 1. The number of para-hydroxylation sites is 1. The number of aromatic amines is 1. The Morgan fingerprint density at radius 2 is 2.14 bits per heavy atom. The van der Waals surface area contributed by atoms with E-state index in [9.17, 15) is 9.59 Å². The molecule has 5 heteroatoms. The predicted molar refractivity (Wildman–Crippen MR) is 85.6 cm³/mol. The molecule has 1 N–H and O–H groups in total. The van der Waals surface area contributed by atoms with E-state index in [0.717, 1.165) is 0 Å². The molecule has 1 aromatic carbocycles. The molecule has 5 nitrogen and oxygen atoms in total. The number of aromatic nitrogens is 2. The lowest BCUT2D eigenvalue weighted by atomic mass is 10.1. The lowest BCUT2D eigenvalue weighted by Gasteiger charge is -2.24. The number of H-pyrrole nitrogens is 1. The van der Waals surface area contributed by atoms with E-state index in [-0.39, 0.29) is 11.5 Å². The van der Waals surface area contributed by atoms with Crippen LogP contribution in [0.25, 0.3) is 10.9 Å². The molecule has 116 valence electrons. The summed E-state index contributed by atoms with van der Waals surface area (Å²) >= 11 is 0. The molecule has 1 saturated carbocycles. The molecule has 22 heavy (non-hydrogen) atoms. The van der Waals surface area contributed by atoms with Crippen LogP contribution >= 0.6 is 0 Å². The molecule has 1 unspecified atom stereocenters. The maximum atomic E-state index is 12.2. The Morgan fingerprint density at radius 3 is 2.86 bits per heavy atom. The standard InChI is InChI=1S/C17H21N3O2/c1-11(12-7-8-12)20(2)16(21)10-9-15-18-14-6-4-3-5-13(14)17(22)19-15/h3-6,11-12H,7-10H2,1-2H3,(H,18,19,22). The highest BCUT2D eigenvalue weighted by atomic mass is 16.2. The highest BCUT2D eigenvalue weighted by Crippen LogP contribution is 2.34. The van der Waals surface area contributed by atoms with Crippen LogP contribution in [0.2, 0.25) is 0 Å². The molecule has 1 atom stereocenters. The Kier molecular flexibility index (Phi) is 3.96. The smallest absolute Gasteiger partial charge is 0.258 e. The molecule has 0 saturated heterocycles. The van der Waals surface area contributed by atoms with Gasteiger partial charge in [0.05, 0.1) is 10.9 Å². The molecule has 1 heterocycles. The van der Waals surface area contributed by atoms with Crippen LogP contribution in [-0.2, 0) is 11.2 Å². The van der Waals surface area contributed by atoms with E-state index < -0.39 is 0 Å². The SMILES string of the molecule is CC(C1CC1)N(C)C(=O)CCc1nc2ccccc2c(=O)[nH]1. The Morgan fingerprint density at radius 1 is 1.41 bits per heavy atom. The van der Waals surface area contributed by atoms with E-state index in [4.69, 9.17) is 0 Å². The maximum absolute atomic E-state index is 12.2. The molecule has 1 aromatic heterocycles. The summed E-state index contributed by atoms with van der Waals surface area (Å²) in [4.78, 5) is 33.3. The topological polar surface area (TPSA) is 66.1 Å². The van der Waals surface area contributed by atoms with Gasteiger partial charge in [-0.25, -0.2) is 4.98 Å². The number of rotatable bonds is 5. The van der Waals surface area contributed by atoms with Crippen molar-refractivity contribution in [3.05, 3.63) is 40.4 Å². The molecule has 3 rings (SSSR count). The molecule has 0 radical (unpaired) electrons. The van der Waals surface area contributed by atoms with Gasteiger partial charge in [0, 0.05) is 25.9 Å². The third kappa shape index (κ3) is 3.03. The van der Waals surface area contributed by atoms with Gasteiger partial charge < -0.3 is 9.88 Å². The van der Waals surface area contributed by atoms with Crippen LogP contribution in [0.4, 0.5) is 0 Å². The summed E-state index contributed by atoms with van der Waals surface area (Å²) in [5, 5.41) is 0.581. The zero-order valence-corrected chi connectivity index (χ0v) is 13.0. The molecule has 1 aliphatic carbocycles. The van der Waals surface area contributed by atoms with Crippen LogP contribution in [0.3, 0.4) is 0 Å². The van der Waals surface area contributed by atoms with Gasteiger partial charge in [-0.05, 0) is 37.8 Å². The molecule has 0 spiro atoms. The van der Waals surface area contributed by atoms with Crippen LogP contribution in [0.1, 0.15) is 32.0 Å². The van der Waals surface area contributed by atoms with Crippen molar-refractivity contribution in [1.82, 2.24) is 14.9 Å². The first-order valence-corrected chi connectivity index (χ1v) is 7.80. The highest BCUT2D eigenvalue weighted by molar-refractivity contribution is 5.78. The lowest BCUT2D eigenvalue weighted by molar-refractivity contribution is -0.132. The molecule has 1 fully saturated rings. The Bertz CT molecular complexity index is 749. The van der Waals surface area contributed by atoms with Crippen LogP contribution in [0.5, 0.6) is 0 Å². The van der Waals surface area contributed by atoms with E-state index in [2.05, 4.69) is 16.9 Å². The van der Waals surface area contributed by atoms with Crippen molar-refractivity contribution in [2.45, 2.75) is 38.6 Å². The van der Waals surface area contributed by atoms with Gasteiger partial charge in [-0.15, -0.1) is 0 Å². The Labute approximate surface area is 129 Å². The summed E-state index contributed by atoms with van der Waals surface area (Å²) in [5.41, 5.74) is 0.529. The summed E-state index contributed by atoms with van der Waals surface area (Å²) in [6, 6.07) is 7.54. The molecule has 0 bridgehead atoms. The van der Waals surface area contributed by atoms with E-state index in [1.807, 2.05) is 30.1 Å². The third-order valence-electron chi connectivity index (χ3n) is 4.55. The van der Waals surface area contributed by atoms with Crippen molar-refractivity contribution in [2.75, 3.05) is 7.05 Å². The first kappa shape index (κ1) is 14.8. The maximum Gasteiger partial charge on any atom is 0.258 e. The average Bonchev–Trinajstić information content (AvgIpc) is 3.36. The molecular formula is C17H21N3O2. The van der Waals surface area contributed by atoms with Crippen molar-refractivity contribution in [3.8, 4) is 0 Å². The van der Waals surface area contributed by atoms with E-state index in [1.54, 1.807) is 6.07 Å². The van der Waals surface area contributed by atoms with E-state index in [1.165, 1.54) is 12.8 Å². The monoisotopic (exact) mass is 299 g/mol. The minimum atomic E-state index is -0.146. The summed E-state index contributed by atoms with van der Waals surface area (Å²) in [5.74, 6) is 1.34. The number of aryl methyl sites for hydroxylation is 1. The summed E-state index contributed by atoms with van der Waals surface area (Å²) in [7, 11) is 1.86. The minimum absolute atomic E-state index is 0.107. The highest BCUT2D eigenvalue weighted by Gasteiger charge is 2.32.